The van der Waals surface area contributed by atoms with Gasteiger partial charge in [0.15, 0.2) is 11.6 Å². The van der Waals surface area contributed by atoms with Crippen molar-refractivity contribution in [1.29, 1.82) is 0 Å². The van der Waals surface area contributed by atoms with E-state index in [-0.39, 0.29) is 5.82 Å². The molecule has 2 nitrogen and oxygen atoms in total. The van der Waals surface area contributed by atoms with Crippen LogP contribution in [0.4, 0.5) is 4.39 Å². The summed E-state index contributed by atoms with van der Waals surface area (Å²) in [6, 6.07) is 6.51. The lowest BCUT2D eigenvalue weighted by atomic mass is 10.3. The molecule has 0 unspecified atom stereocenters. The Morgan fingerprint density at radius 1 is 1.19 bits per heavy atom. The molecule has 0 heterocycles. The van der Waals surface area contributed by atoms with Crippen molar-refractivity contribution >= 4 is 0 Å². The van der Waals surface area contributed by atoms with Gasteiger partial charge in [0.25, 0.3) is 0 Å². The summed E-state index contributed by atoms with van der Waals surface area (Å²) in [5.41, 5.74) is 0. The molecule has 1 rings (SSSR count). The van der Waals surface area contributed by atoms with E-state index in [0.29, 0.717) is 12.4 Å². The highest BCUT2D eigenvalue weighted by atomic mass is 19.1. The summed E-state index contributed by atoms with van der Waals surface area (Å²) in [6.07, 6.45) is 3.17. The first-order valence-corrected chi connectivity index (χ1v) is 5.92. The maximum absolute atomic E-state index is 13.1. The van der Waals surface area contributed by atoms with Gasteiger partial charge in [0.05, 0.1) is 6.61 Å². The molecule has 0 fully saturated rings. The van der Waals surface area contributed by atoms with Gasteiger partial charge in [-0.05, 0) is 44.5 Å². The lowest BCUT2D eigenvalue weighted by molar-refractivity contribution is 0.291. The molecule has 0 radical (unpaired) electrons. The van der Waals surface area contributed by atoms with Gasteiger partial charge < -0.3 is 10.1 Å². The summed E-state index contributed by atoms with van der Waals surface area (Å²) in [6.45, 7) is 4.80. The van der Waals surface area contributed by atoms with Crippen molar-refractivity contribution in [1.82, 2.24) is 5.32 Å². The molecule has 3 heteroatoms. The molecule has 0 spiro atoms. The topological polar surface area (TPSA) is 21.3 Å². The zero-order valence-electron chi connectivity index (χ0n) is 9.84. The number of halogens is 1. The lowest BCUT2D eigenvalue weighted by Gasteiger charge is -2.07. The number of unbranched alkanes of at least 4 members (excludes halogenated alkanes) is 1. The van der Waals surface area contributed by atoms with E-state index in [1.54, 1.807) is 18.2 Å². The first-order chi connectivity index (χ1) is 7.84. The Balaban J connectivity index is 2.05. The van der Waals surface area contributed by atoms with Gasteiger partial charge in [0.1, 0.15) is 0 Å². The molecule has 0 aromatic heterocycles. The van der Waals surface area contributed by atoms with Crippen LogP contribution < -0.4 is 10.1 Å². The van der Waals surface area contributed by atoms with Crippen LogP contribution in [0.5, 0.6) is 5.75 Å². The maximum Gasteiger partial charge on any atom is 0.165 e. The largest absolute Gasteiger partial charge is 0.491 e. The van der Waals surface area contributed by atoms with E-state index in [1.807, 2.05) is 0 Å². The molecule has 0 bridgehead atoms. The Hall–Kier alpha value is -1.09. The predicted molar refractivity (Wildman–Crippen MR) is 64.3 cm³/mol. The summed E-state index contributed by atoms with van der Waals surface area (Å²) >= 11 is 0. The van der Waals surface area contributed by atoms with Crippen LogP contribution in [0.1, 0.15) is 26.2 Å². The van der Waals surface area contributed by atoms with E-state index in [2.05, 4.69) is 12.2 Å². The Bertz CT molecular complexity index is 291. The van der Waals surface area contributed by atoms with Crippen LogP contribution in [0.25, 0.3) is 0 Å². The molecule has 0 saturated carbocycles. The van der Waals surface area contributed by atoms with Gasteiger partial charge in [-0.2, -0.15) is 0 Å². The summed E-state index contributed by atoms with van der Waals surface area (Å²) < 4.78 is 18.5. The lowest BCUT2D eigenvalue weighted by Crippen LogP contribution is -2.16. The van der Waals surface area contributed by atoms with Crippen LogP contribution in [0.3, 0.4) is 0 Å². The fourth-order valence-electron chi connectivity index (χ4n) is 1.40. The molecule has 1 aromatic carbocycles. The first-order valence-electron chi connectivity index (χ1n) is 5.92. The van der Waals surface area contributed by atoms with Gasteiger partial charge in [0, 0.05) is 0 Å². The second-order valence-corrected chi connectivity index (χ2v) is 3.74. The molecule has 0 aliphatic heterocycles. The molecule has 1 aromatic rings. The van der Waals surface area contributed by atoms with Gasteiger partial charge in [0.2, 0.25) is 0 Å². The van der Waals surface area contributed by atoms with E-state index in [9.17, 15) is 4.39 Å². The average molecular weight is 225 g/mol. The molecular formula is C13H20FNO. The van der Waals surface area contributed by atoms with Crippen molar-refractivity contribution in [3.8, 4) is 5.75 Å². The Labute approximate surface area is 96.8 Å². The molecule has 0 atom stereocenters. The Morgan fingerprint density at radius 3 is 2.75 bits per heavy atom. The number of hydrogen-bond acceptors (Lipinski definition) is 2. The zero-order valence-corrected chi connectivity index (χ0v) is 9.84. The van der Waals surface area contributed by atoms with Crippen LogP contribution in [0, 0.1) is 5.82 Å². The zero-order chi connectivity index (χ0) is 11.6. The highest BCUT2D eigenvalue weighted by Crippen LogP contribution is 2.15. The number of benzene rings is 1. The van der Waals surface area contributed by atoms with Crippen LogP contribution in [0.2, 0.25) is 0 Å². The van der Waals surface area contributed by atoms with E-state index in [1.165, 1.54) is 6.07 Å². The Morgan fingerprint density at radius 2 is 2.00 bits per heavy atom. The smallest absolute Gasteiger partial charge is 0.165 e. The van der Waals surface area contributed by atoms with Crippen molar-refractivity contribution in [2.75, 3.05) is 19.7 Å². The predicted octanol–water partition coefficient (Wildman–Crippen LogP) is 2.98. The summed E-state index contributed by atoms with van der Waals surface area (Å²) in [5.74, 6) is 0.0654. The minimum atomic E-state index is -0.286. The first kappa shape index (κ1) is 13.0. The molecular weight excluding hydrogens is 205 g/mol. The van der Waals surface area contributed by atoms with E-state index in [0.717, 1.165) is 32.4 Å². The maximum atomic E-state index is 13.1. The van der Waals surface area contributed by atoms with Crippen molar-refractivity contribution in [2.45, 2.75) is 26.2 Å². The van der Waals surface area contributed by atoms with Crippen molar-refractivity contribution in [3.63, 3.8) is 0 Å². The average Bonchev–Trinajstić information content (AvgIpc) is 2.30. The highest BCUT2D eigenvalue weighted by molar-refractivity contribution is 5.23. The normalized spacial score (nSPS) is 10.4. The third-order valence-corrected chi connectivity index (χ3v) is 2.27. The SMILES string of the molecule is CCCNCCCCOc1ccccc1F. The standard InChI is InChI=1S/C13H20FNO/c1-2-9-15-10-5-6-11-16-13-8-4-3-7-12(13)14/h3-4,7-8,15H,2,5-6,9-11H2,1H3. The molecule has 0 amide bonds. The second-order valence-electron chi connectivity index (χ2n) is 3.74. The van der Waals surface area contributed by atoms with Crippen molar-refractivity contribution < 1.29 is 9.13 Å². The molecule has 90 valence electrons. The van der Waals surface area contributed by atoms with Crippen LogP contribution in [0.15, 0.2) is 24.3 Å². The molecule has 1 N–H and O–H groups in total. The summed E-state index contributed by atoms with van der Waals surface area (Å²) in [7, 11) is 0. The fraction of sp³-hybridized carbons (Fsp3) is 0.538. The third-order valence-electron chi connectivity index (χ3n) is 2.27. The third kappa shape index (κ3) is 5.12. The van der Waals surface area contributed by atoms with Crippen LogP contribution >= 0.6 is 0 Å². The van der Waals surface area contributed by atoms with E-state index >= 15 is 0 Å². The van der Waals surface area contributed by atoms with Gasteiger partial charge in [-0.3, -0.25) is 0 Å². The summed E-state index contributed by atoms with van der Waals surface area (Å²) in [4.78, 5) is 0. The number of nitrogens with one attached hydrogen (secondary N) is 1. The van der Waals surface area contributed by atoms with Crippen molar-refractivity contribution in [2.24, 2.45) is 0 Å². The molecule has 16 heavy (non-hydrogen) atoms. The van der Waals surface area contributed by atoms with Gasteiger partial charge >= 0.3 is 0 Å². The minimum Gasteiger partial charge on any atom is -0.491 e. The number of para-hydroxylation sites is 1. The number of ether oxygens (including phenoxy) is 1. The van der Waals surface area contributed by atoms with E-state index < -0.39 is 0 Å². The number of hydrogen-bond donors (Lipinski definition) is 1. The van der Waals surface area contributed by atoms with Crippen molar-refractivity contribution in [3.05, 3.63) is 30.1 Å². The Kier molecular flexibility index (Phi) is 6.58. The van der Waals surface area contributed by atoms with E-state index in [4.69, 9.17) is 4.74 Å². The summed E-state index contributed by atoms with van der Waals surface area (Å²) in [5, 5.41) is 3.32. The van der Waals surface area contributed by atoms with Crippen LogP contribution in [-0.4, -0.2) is 19.7 Å². The fourth-order valence-corrected chi connectivity index (χ4v) is 1.40. The molecule has 0 aliphatic rings. The van der Waals surface area contributed by atoms with Gasteiger partial charge in [-0.1, -0.05) is 19.1 Å². The van der Waals surface area contributed by atoms with Gasteiger partial charge in [-0.15, -0.1) is 0 Å². The second kappa shape index (κ2) is 8.11. The monoisotopic (exact) mass is 225 g/mol. The minimum absolute atomic E-state index is 0.286. The number of rotatable bonds is 8. The molecule has 0 aliphatic carbocycles. The van der Waals surface area contributed by atoms with Crippen LogP contribution in [-0.2, 0) is 0 Å². The quantitative estimate of drug-likeness (QED) is 0.687. The van der Waals surface area contributed by atoms with Gasteiger partial charge in [-0.25, -0.2) is 4.39 Å². The molecule has 0 saturated heterocycles. The highest BCUT2D eigenvalue weighted by Gasteiger charge is 2.00.